The highest BCUT2D eigenvalue weighted by Crippen LogP contribution is 2.22. The van der Waals surface area contributed by atoms with Crippen molar-refractivity contribution in [3.63, 3.8) is 0 Å². The highest BCUT2D eigenvalue weighted by molar-refractivity contribution is 6.31. The van der Waals surface area contributed by atoms with Crippen LogP contribution in [-0.2, 0) is 0 Å². The van der Waals surface area contributed by atoms with E-state index in [1.54, 1.807) is 0 Å². The van der Waals surface area contributed by atoms with Crippen LogP contribution < -0.4 is 0 Å². The van der Waals surface area contributed by atoms with Crippen LogP contribution in [0.1, 0.15) is 16.8 Å². The Kier molecular flexibility index (Phi) is 3.48. The maximum absolute atomic E-state index is 11.4. The highest BCUT2D eigenvalue weighted by Gasteiger charge is 2.10. The molecule has 0 atom stereocenters. The SMILES string of the molecule is O=C(C/C=N/O)c1cc(Cl)ccc1O. The predicted octanol–water partition coefficient (Wildman–Crippen LogP) is 2.08. The molecule has 0 fully saturated rings. The number of aromatic hydroxyl groups is 1. The number of carbonyl (C=O) groups excluding carboxylic acids is 1. The molecule has 0 amide bonds. The Morgan fingerprint density at radius 3 is 2.93 bits per heavy atom. The van der Waals surface area contributed by atoms with Crippen molar-refractivity contribution in [2.75, 3.05) is 0 Å². The van der Waals surface area contributed by atoms with Gasteiger partial charge in [0.2, 0.25) is 0 Å². The number of halogens is 1. The Hall–Kier alpha value is -1.55. The van der Waals surface area contributed by atoms with Crippen LogP contribution in [0.3, 0.4) is 0 Å². The number of ketones is 1. The molecule has 1 rings (SSSR count). The number of rotatable bonds is 3. The lowest BCUT2D eigenvalue weighted by Gasteiger charge is -2.01. The maximum Gasteiger partial charge on any atom is 0.172 e. The molecule has 1 aromatic rings. The van der Waals surface area contributed by atoms with Crippen LogP contribution in [0.25, 0.3) is 0 Å². The minimum Gasteiger partial charge on any atom is -0.507 e. The molecule has 0 aliphatic heterocycles. The summed E-state index contributed by atoms with van der Waals surface area (Å²) in [5, 5.41) is 20.5. The molecule has 4 nitrogen and oxygen atoms in total. The van der Waals surface area contributed by atoms with E-state index in [1.807, 2.05) is 0 Å². The van der Waals surface area contributed by atoms with Crippen LogP contribution in [0.2, 0.25) is 5.02 Å². The number of oxime groups is 1. The smallest absolute Gasteiger partial charge is 0.172 e. The number of phenols is 1. The van der Waals surface area contributed by atoms with Crippen molar-refractivity contribution < 1.29 is 15.1 Å². The van der Waals surface area contributed by atoms with E-state index >= 15 is 0 Å². The van der Waals surface area contributed by atoms with Crippen molar-refractivity contribution in [2.45, 2.75) is 6.42 Å². The van der Waals surface area contributed by atoms with Gasteiger partial charge in [0.05, 0.1) is 11.8 Å². The molecule has 0 radical (unpaired) electrons. The monoisotopic (exact) mass is 213 g/mol. The summed E-state index contributed by atoms with van der Waals surface area (Å²) in [6, 6.07) is 4.18. The van der Waals surface area contributed by atoms with Crippen molar-refractivity contribution >= 4 is 23.6 Å². The molecule has 74 valence electrons. The van der Waals surface area contributed by atoms with E-state index in [9.17, 15) is 9.90 Å². The van der Waals surface area contributed by atoms with Gasteiger partial charge in [-0.15, -0.1) is 5.16 Å². The Balaban J connectivity index is 2.94. The van der Waals surface area contributed by atoms with Crippen LogP contribution in [0.4, 0.5) is 0 Å². The van der Waals surface area contributed by atoms with Gasteiger partial charge in [0.1, 0.15) is 5.75 Å². The van der Waals surface area contributed by atoms with Crippen molar-refractivity contribution in [3.05, 3.63) is 28.8 Å². The van der Waals surface area contributed by atoms with Crippen LogP contribution >= 0.6 is 11.6 Å². The number of hydrogen-bond acceptors (Lipinski definition) is 4. The second-order valence-corrected chi connectivity index (χ2v) is 3.02. The first-order chi connectivity index (χ1) is 6.65. The summed E-state index contributed by atoms with van der Waals surface area (Å²) in [5.74, 6) is -0.492. The lowest BCUT2D eigenvalue weighted by Crippen LogP contribution is -1.99. The lowest BCUT2D eigenvalue weighted by molar-refractivity contribution is 0.0998. The average molecular weight is 214 g/mol. The molecule has 0 unspecified atom stereocenters. The summed E-state index contributed by atoms with van der Waals surface area (Å²) < 4.78 is 0. The third kappa shape index (κ3) is 2.47. The maximum atomic E-state index is 11.4. The zero-order valence-electron chi connectivity index (χ0n) is 7.14. The fraction of sp³-hybridized carbons (Fsp3) is 0.111. The van der Waals surface area contributed by atoms with Crippen molar-refractivity contribution in [3.8, 4) is 5.75 Å². The quantitative estimate of drug-likeness (QED) is 0.350. The van der Waals surface area contributed by atoms with Gasteiger partial charge in [-0.3, -0.25) is 4.79 Å². The molecule has 0 spiro atoms. The van der Waals surface area contributed by atoms with Gasteiger partial charge in [-0.2, -0.15) is 0 Å². The van der Waals surface area contributed by atoms with Gasteiger partial charge < -0.3 is 10.3 Å². The van der Waals surface area contributed by atoms with Gasteiger partial charge in [-0.1, -0.05) is 11.6 Å². The first-order valence-corrected chi connectivity index (χ1v) is 4.20. The Morgan fingerprint density at radius 1 is 1.57 bits per heavy atom. The number of phenolic OH excluding ortho intramolecular Hbond substituents is 1. The molecule has 0 saturated heterocycles. The van der Waals surface area contributed by atoms with E-state index in [-0.39, 0.29) is 23.5 Å². The Labute approximate surface area is 85.4 Å². The molecule has 2 N–H and O–H groups in total. The van der Waals surface area contributed by atoms with Crippen LogP contribution in [0.15, 0.2) is 23.4 Å². The van der Waals surface area contributed by atoms with E-state index in [4.69, 9.17) is 16.8 Å². The van der Waals surface area contributed by atoms with Gasteiger partial charge in [0.25, 0.3) is 0 Å². The minimum atomic E-state index is -0.359. The minimum absolute atomic E-state index is 0.0790. The third-order valence-corrected chi connectivity index (χ3v) is 1.85. The molecule has 5 heteroatoms. The van der Waals surface area contributed by atoms with E-state index < -0.39 is 0 Å². The summed E-state index contributed by atoms with van der Waals surface area (Å²) in [6.07, 6.45) is 0.965. The molecule has 0 saturated carbocycles. The zero-order chi connectivity index (χ0) is 10.6. The highest BCUT2D eigenvalue weighted by atomic mass is 35.5. The van der Waals surface area contributed by atoms with Gasteiger partial charge >= 0.3 is 0 Å². The molecule has 0 aliphatic rings. The van der Waals surface area contributed by atoms with Crippen LogP contribution in [0.5, 0.6) is 5.75 Å². The first-order valence-electron chi connectivity index (χ1n) is 3.82. The Morgan fingerprint density at radius 2 is 2.29 bits per heavy atom. The summed E-state index contributed by atoms with van der Waals surface area (Å²) in [5.41, 5.74) is 0.123. The van der Waals surface area contributed by atoms with Crippen LogP contribution in [0, 0.1) is 0 Å². The summed E-state index contributed by atoms with van der Waals surface area (Å²) in [6.45, 7) is 0. The zero-order valence-corrected chi connectivity index (χ0v) is 7.90. The van der Waals surface area contributed by atoms with E-state index in [0.29, 0.717) is 5.02 Å². The molecule has 1 aromatic carbocycles. The van der Waals surface area contributed by atoms with Crippen molar-refractivity contribution in [2.24, 2.45) is 5.16 Å². The summed E-state index contributed by atoms with van der Waals surface area (Å²) >= 11 is 5.65. The van der Waals surface area contributed by atoms with Gasteiger partial charge in [0.15, 0.2) is 5.78 Å². The number of nitrogens with zero attached hydrogens (tertiary/aromatic N) is 1. The fourth-order valence-electron chi connectivity index (χ4n) is 0.965. The molecular weight excluding hydrogens is 206 g/mol. The van der Waals surface area contributed by atoms with E-state index in [0.717, 1.165) is 6.21 Å². The molecule has 0 bridgehead atoms. The predicted molar refractivity (Wildman–Crippen MR) is 52.3 cm³/mol. The molecule has 14 heavy (non-hydrogen) atoms. The lowest BCUT2D eigenvalue weighted by atomic mass is 10.1. The van der Waals surface area contributed by atoms with Gasteiger partial charge in [0, 0.05) is 11.4 Å². The van der Waals surface area contributed by atoms with Crippen LogP contribution in [-0.4, -0.2) is 22.3 Å². The molecule has 0 aromatic heterocycles. The van der Waals surface area contributed by atoms with Gasteiger partial charge in [-0.25, -0.2) is 0 Å². The number of hydrogen-bond donors (Lipinski definition) is 2. The standard InChI is InChI=1S/C9H8ClNO3/c10-6-1-2-8(12)7(5-6)9(13)3-4-11-14/h1-2,4-5,12,14H,3H2/b11-4+. The largest absolute Gasteiger partial charge is 0.507 e. The number of benzene rings is 1. The third-order valence-electron chi connectivity index (χ3n) is 1.62. The normalized spacial score (nSPS) is 10.6. The summed E-state index contributed by atoms with van der Waals surface area (Å²) in [4.78, 5) is 11.4. The first kappa shape index (κ1) is 10.5. The van der Waals surface area contributed by atoms with Crippen molar-refractivity contribution in [1.29, 1.82) is 0 Å². The molecule has 0 heterocycles. The topological polar surface area (TPSA) is 69.9 Å². The second kappa shape index (κ2) is 4.62. The molecular formula is C9H8ClNO3. The Bertz CT molecular complexity index is 376. The summed E-state index contributed by atoms with van der Waals surface area (Å²) in [7, 11) is 0. The second-order valence-electron chi connectivity index (χ2n) is 2.59. The van der Waals surface area contributed by atoms with E-state index in [2.05, 4.69) is 5.16 Å². The number of carbonyl (C=O) groups is 1. The van der Waals surface area contributed by atoms with Crippen molar-refractivity contribution in [1.82, 2.24) is 0 Å². The average Bonchev–Trinajstić information content (AvgIpc) is 2.18. The van der Waals surface area contributed by atoms with Gasteiger partial charge in [-0.05, 0) is 18.2 Å². The number of Topliss-reactive ketones (excluding diaryl/α,β-unsaturated/α-hetero) is 1. The van der Waals surface area contributed by atoms with E-state index in [1.165, 1.54) is 18.2 Å². The fourth-order valence-corrected chi connectivity index (χ4v) is 1.14. The molecule has 0 aliphatic carbocycles.